The molecule has 0 bridgehead atoms. The Labute approximate surface area is 481 Å². The Hall–Kier alpha value is -10.9. The van der Waals surface area contributed by atoms with Crippen LogP contribution in [0.2, 0.25) is 0 Å². The van der Waals surface area contributed by atoms with Crippen molar-refractivity contribution in [3.63, 3.8) is 0 Å². The number of hydrogen-bond donors (Lipinski definition) is 0. The summed E-state index contributed by atoms with van der Waals surface area (Å²) < 4.78 is 6.59. The van der Waals surface area contributed by atoms with Crippen molar-refractivity contribution in [2.75, 3.05) is 0 Å². The smallest absolute Gasteiger partial charge is 0.143 e. The predicted octanol–water partition coefficient (Wildman–Crippen LogP) is 23.3. The molecule has 83 heavy (non-hydrogen) atoms. The SMILES string of the molecule is c1cc(-c2cccc3ccccc23)cc(-c2c3ccccc3c(-c3ccc4ccccc4c3)c3ccccc23)c1.c1ccc(-c2ccc(-c3c4ccccc4c(-c4cccc5oc6c7ccccc7ccc6c45)c4ccccc34)cc2)cc1. The second kappa shape index (κ2) is 20.0. The van der Waals surface area contributed by atoms with E-state index >= 15 is 0 Å². The van der Waals surface area contributed by atoms with Gasteiger partial charge in [0.2, 0.25) is 0 Å². The third-order valence-corrected chi connectivity index (χ3v) is 17.1. The van der Waals surface area contributed by atoms with Gasteiger partial charge < -0.3 is 4.42 Å². The highest BCUT2D eigenvalue weighted by atomic mass is 16.3. The fourth-order valence-electron chi connectivity index (χ4n) is 13.4. The molecule has 0 N–H and O–H groups in total. The van der Waals surface area contributed by atoms with Gasteiger partial charge in [0.1, 0.15) is 11.2 Å². The van der Waals surface area contributed by atoms with Crippen molar-refractivity contribution in [3.8, 4) is 66.8 Å². The van der Waals surface area contributed by atoms with Crippen LogP contribution < -0.4 is 0 Å². The lowest BCUT2D eigenvalue weighted by Gasteiger charge is -2.18. The van der Waals surface area contributed by atoms with Crippen molar-refractivity contribution < 1.29 is 4.42 Å². The molecule has 1 heteroatoms. The number of hydrogen-bond acceptors (Lipinski definition) is 1. The van der Waals surface area contributed by atoms with Gasteiger partial charge in [-0.2, -0.15) is 0 Å². The zero-order chi connectivity index (χ0) is 54.8. The molecule has 0 aliphatic heterocycles. The largest absolute Gasteiger partial charge is 0.455 e. The molecule has 1 nitrogen and oxygen atoms in total. The molecule has 0 atom stereocenters. The van der Waals surface area contributed by atoms with Gasteiger partial charge in [-0.15, -0.1) is 0 Å². The van der Waals surface area contributed by atoms with Crippen molar-refractivity contribution >= 4 is 97.3 Å². The topological polar surface area (TPSA) is 13.1 Å². The summed E-state index contributed by atoms with van der Waals surface area (Å²) in [6.07, 6.45) is 0. The highest BCUT2D eigenvalue weighted by Gasteiger charge is 2.22. The Bertz CT molecular complexity index is 5260. The summed E-state index contributed by atoms with van der Waals surface area (Å²) in [5.74, 6) is 0. The molecule has 0 spiro atoms. The van der Waals surface area contributed by atoms with E-state index in [2.05, 4.69) is 315 Å². The van der Waals surface area contributed by atoms with Crippen molar-refractivity contribution in [2.24, 2.45) is 0 Å². The molecule has 0 radical (unpaired) electrons. The van der Waals surface area contributed by atoms with Gasteiger partial charge in [-0.05, 0) is 161 Å². The maximum absolute atomic E-state index is 6.59. The first-order valence-corrected chi connectivity index (χ1v) is 28.6. The summed E-state index contributed by atoms with van der Waals surface area (Å²) in [6, 6.07) is 114. The molecule has 0 unspecified atom stereocenters. The standard InChI is InChI=1S/C42H26O.C40H26/c1-2-11-27(12-3-1)28-21-23-30(24-22-28)39-32-15-6-8-17-34(32)40(35-18-9-7-16-33(35)39)36-19-10-20-38-41(36)37-26-25-29-13-4-5-14-31(29)42(37)43-38;1-2-13-29-25-32(24-23-27(29)11-1)40-37-20-7-5-18-35(37)39(36-19-6-8-21-38(36)40)31-16-9-15-30(26-31)34-22-10-14-28-12-3-4-17-33(28)34/h1-26H;1-26H. The van der Waals surface area contributed by atoms with Gasteiger partial charge in [-0.25, -0.2) is 0 Å². The second-order valence-corrected chi connectivity index (χ2v) is 21.7. The molecule has 1 heterocycles. The van der Waals surface area contributed by atoms with Crippen molar-refractivity contribution in [1.82, 2.24) is 0 Å². The van der Waals surface area contributed by atoms with E-state index in [9.17, 15) is 0 Å². The van der Waals surface area contributed by atoms with Crippen molar-refractivity contribution in [3.05, 3.63) is 315 Å². The van der Waals surface area contributed by atoms with Gasteiger partial charge in [0.25, 0.3) is 0 Å². The zero-order valence-corrected chi connectivity index (χ0v) is 45.4. The molecular weight excluding hydrogens is 1000 g/mol. The van der Waals surface area contributed by atoms with Gasteiger partial charge in [0.05, 0.1) is 0 Å². The molecule has 16 aromatic carbocycles. The lowest BCUT2D eigenvalue weighted by atomic mass is 9.84. The van der Waals surface area contributed by atoms with E-state index in [0.717, 1.165) is 21.9 Å². The minimum absolute atomic E-state index is 0.914. The summed E-state index contributed by atoms with van der Waals surface area (Å²) in [4.78, 5) is 0. The lowest BCUT2D eigenvalue weighted by molar-refractivity contribution is 0.673. The minimum Gasteiger partial charge on any atom is -0.455 e. The second-order valence-electron chi connectivity index (χ2n) is 21.7. The molecule has 0 saturated heterocycles. The summed E-state index contributed by atoms with van der Waals surface area (Å²) >= 11 is 0. The molecule has 0 aliphatic carbocycles. The number of rotatable bonds is 6. The summed E-state index contributed by atoms with van der Waals surface area (Å²) in [5.41, 5.74) is 16.8. The Morgan fingerprint density at radius 2 is 0.566 bits per heavy atom. The van der Waals surface area contributed by atoms with Gasteiger partial charge in [0.15, 0.2) is 0 Å². The zero-order valence-electron chi connectivity index (χ0n) is 45.4. The fourth-order valence-corrected chi connectivity index (χ4v) is 13.4. The van der Waals surface area contributed by atoms with Crippen LogP contribution in [-0.2, 0) is 0 Å². The molecule has 0 amide bonds. The van der Waals surface area contributed by atoms with Crippen LogP contribution in [0.25, 0.3) is 164 Å². The predicted molar refractivity (Wildman–Crippen MR) is 355 cm³/mol. The van der Waals surface area contributed by atoms with E-state index in [-0.39, 0.29) is 0 Å². The van der Waals surface area contributed by atoms with E-state index in [0.29, 0.717) is 0 Å². The van der Waals surface area contributed by atoms with E-state index in [1.807, 2.05) is 0 Å². The van der Waals surface area contributed by atoms with E-state index in [4.69, 9.17) is 4.42 Å². The quantitative estimate of drug-likeness (QED) is 0.151. The van der Waals surface area contributed by atoms with Crippen LogP contribution in [0.15, 0.2) is 320 Å². The Balaban J connectivity index is 0.000000137. The van der Waals surface area contributed by atoms with Crippen LogP contribution in [-0.4, -0.2) is 0 Å². The van der Waals surface area contributed by atoms with E-state index < -0.39 is 0 Å². The van der Waals surface area contributed by atoms with Crippen LogP contribution in [0.5, 0.6) is 0 Å². The molecule has 0 fully saturated rings. The summed E-state index contributed by atoms with van der Waals surface area (Å²) in [6.45, 7) is 0. The maximum atomic E-state index is 6.59. The highest BCUT2D eigenvalue weighted by molar-refractivity contribution is 6.27. The Kier molecular flexibility index (Phi) is 11.6. The Morgan fingerprint density at radius 3 is 1.19 bits per heavy atom. The molecule has 1 aromatic heterocycles. The van der Waals surface area contributed by atoms with E-state index in [1.165, 1.54) is 142 Å². The number of benzene rings is 16. The molecule has 0 aliphatic rings. The molecule has 17 aromatic rings. The van der Waals surface area contributed by atoms with Gasteiger partial charge in [-0.3, -0.25) is 0 Å². The van der Waals surface area contributed by atoms with Gasteiger partial charge in [0, 0.05) is 16.2 Å². The first-order chi connectivity index (χ1) is 41.2. The van der Waals surface area contributed by atoms with Gasteiger partial charge in [-0.1, -0.05) is 291 Å². The average Bonchev–Trinajstić information content (AvgIpc) is 2.54. The van der Waals surface area contributed by atoms with Crippen LogP contribution in [0.3, 0.4) is 0 Å². The maximum Gasteiger partial charge on any atom is 0.143 e. The number of furan rings is 1. The molecule has 0 saturated carbocycles. The normalized spacial score (nSPS) is 11.6. The number of fused-ring (bicyclic) bond motifs is 11. The summed E-state index contributed by atoms with van der Waals surface area (Å²) in [7, 11) is 0. The van der Waals surface area contributed by atoms with Crippen molar-refractivity contribution in [1.29, 1.82) is 0 Å². The van der Waals surface area contributed by atoms with E-state index in [1.54, 1.807) is 0 Å². The van der Waals surface area contributed by atoms with Crippen LogP contribution in [0.4, 0.5) is 0 Å². The van der Waals surface area contributed by atoms with Gasteiger partial charge >= 0.3 is 0 Å². The first-order valence-electron chi connectivity index (χ1n) is 28.6. The van der Waals surface area contributed by atoms with Crippen LogP contribution in [0.1, 0.15) is 0 Å². The highest BCUT2D eigenvalue weighted by Crippen LogP contribution is 2.49. The molecule has 386 valence electrons. The average molecular weight is 1050 g/mol. The minimum atomic E-state index is 0.914. The third kappa shape index (κ3) is 8.16. The summed E-state index contributed by atoms with van der Waals surface area (Å²) in [5, 5.41) is 19.8. The first kappa shape index (κ1) is 48.1. The fraction of sp³-hybridized carbons (Fsp3) is 0. The van der Waals surface area contributed by atoms with Crippen LogP contribution in [0, 0.1) is 0 Å². The van der Waals surface area contributed by atoms with Crippen LogP contribution >= 0.6 is 0 Å². The monoisotopic (exact) mass is 1050 g/mol. The Morgan fingerprint density at radius 1 is 0.181 bits per heavy atom. The molecule has 17 rings (SSSR count). The van der Waals surface area contributed by atoms with Crippen molar-refractivity contribution in [2.45, 2.75) is 0 Å². The molecular formula is C82H52O. The third-order valence-electron chi connectivity index (χ3n) is 17.1. The lowest BCUT2D eigenvalue weighted by Crippen LogP contribution is -1.91.